The van der Waals surface area contributed by atoms with E-state index >= 15 is 0 Å². The second-order valence-electron chi connectivity index (χ2n) is 3.88. The van der Waals surface area contributed by atoms with Crippen molar-refractivity contribution in [3.63, 3.8) is 0 Å². The van der Waals surface area contributed by atoms with Gasteiger partial charge in [0.15, 0.2) is 0 Å². The molecule has 1 aliphatic rings. The molecule has 1 aromatic carbocycles. The molecule has 2 rings (SSSR count). The van der Waals surface area contributed by atoms with Crippen molar-refractivity contribution < 1.29 is 13.2 Å². The Bertz CT molecular complexity index is 529. The maximum atomic E-state index is 12.1. The number of nitrogen functional groups attached to an aromatic ring is 1. The van der Waals surface area contributed by atoms with E-state index in [-0.39, 0.29) is 9.92 Å². The van der Waals surface area contributed by atoms with E-state index in [9.17, 15) is 8.42 Å². The summed E-state index contributed by atoms with van der Waals surface area (Å²) in [6.45, 7) is 2.04. The van der Waals surface area contributed by atoms with Crippen molar-refractivity contribution >= 4 is 27.3 Å². The fourth-order valence-electron chi connectivity index (χ4n) is 1.55. The molecule has 100 valence electrons. The molecular formula is C10H14ClN3O3S. The quantitative estimate of drug-likeness (QED) is 0.790. The summed E-state index contributed by atoms with van der Waals surface area (Å²) in [5.41, 5.74) is 5.89. The van der Waals surface area contributed by atoms with Crippen molar-refractivity contribution in [2.75, 3.05) is 32.0 Å². The Morgan fingerprint density at radius 2 is 2.00 bits per heavy atom. The van der Waals surface area contributed by atoms with Gasteiger partial charge in [0.1, 0.15) is 0 Å². The molecule has 1 saturated heterocycles. The molecule has 0 unspecified atom stereocenters. The summed E-state index contributed by atoms with van der Waals surface area (Å²) in [6.07, 6.45) is 0. The average Bonchev–Trinajstić information content (AvgIpc) is 2.33. The lowest BCUT2D eigenvalue weighted by atomic mass is 10.3. The number of hydrazine groups is 1. The zero-order valence-corrected chi connectivity index (χ0v) is 11.2. The smallest absolute Gasteiger partial charge is 0.253 e. The number of benzene rings is 1. The standard InChI is InChI=1S/C10H14ClN3O3S/c11-9-7-8(1-2-10(9)12)18(15,16)13-14-3-5-17-6-4-14/h1-2,7,13H,3-6,12H2. The van der Waals surface area contributed by atoms with Crippen LogP contribution in [0.2, 0.25) is 5.02 Å². The fraction of sp³-hybridized carbons (Fsp3) is 0.400. The molecule has 0 aromatic heterocycles. The van der Waals surface area contributed by atoms with E-state index in [1.807, 2.05) is 0 Å². The van der Waals surface area contributed by atoms with Gasteiger partial charge >= 0.3 is 0 Å². The number of morpholine rings is 1. The van der Waals surface area contributed by atoms with Crippen LogP contribution in [0.3, 0.4) is 0 Å². The van der Waals surface area contributed by atoms with Crippen LogP contribution in [-0.4, -0.2) is 39.7 Å². The first-order valence-electron chi connectivity index (χ1n) is 5.39. The monoisotopic (exact) mass is 291 g/mol. The highest BCUT2D eigenvalue weighted by molar-refractivity contribution is 7.89. The molecule has 0 spiro atoms. The van der Waals surface area contributed by atoms with E-state index in [0.29, 0.717) is 32.0 Å². The highest BCUT2D eigenvalue weighted by Gasteiger charge is 2.20. The lowest BCUT2D eigenvalue weighted by Gasteiger charge is -2.26. The van der Waals surface area contributed by atoms with Crippen LogP contribution in [0.4, 0.5) is 5.69 Å². The molecule has 0 bridgehead atoms. The largest absolute Gasteiger partial charge is 0.398 e. The molecule has 8 heteroatoms. The average molecular weight is 292 g/mol. The number of sulfonamides is 1. The molecule has 18 heavy (non-hydrogen) atoms. The minimum atomic E-state index is -3.62. The van der Waals surface area contributed by atoms with Crippen molar-refractivity contribution in [1.29, 1.82) is 0 Å². The lowest BCUT2D eigenvalue weighted by Crippen LogP contribution is -2.48. The molecule has 1 aromatic rings. The molecule has 1 aliphatic heterocycles. The molecular weight excluding hydrogens is 278 g/mol. The van der Waals surface area contributed by atoms with Crippen LogP contribution in [0.25, 0.3) is 0 Å². The predicted molar refractivity (Wildman–Crippen MR) is 68.6 cm³/mol. The molecule has 3 N–H and O–H groups in total. The Morgan fingerprint density at radius 3 is 2.61 bits per heavy atom. The van der Waals surface area contributed by atoms with Crippen molar-refractivity contribution in [3.8, 4) is 0 Å². The van der Waals surface area contributed by atoms with E-state index in [2.05, 4.69) is 4.83 Å². The summed E-state index contributed by atoms with van der Waals surface area (Å²) >= 11 is 5.81. The first-order chi connectivity index (χ1) is 8.49. The number of ether oxygens (including phenoxy) is 1. The highest BCUT2D eigenvalue weighted by atomic mass is 35.5. The summed E-state index contributed by atoms with van der Waals surface area (Å²) < 4.78 is 29.3. The number of nitrogens with one attached hydrogen (secondary N) is 1. The van der Waals surface area contributed by atoms with E-state index in [1.165, 1.54) is 18.2 Å². The Balaban J connectivity index is 2.16. The van der Waals surface area contributed by atoms with Gasteiger partial charge in [0.05, 0.1) is 28.8 Å². The topological polar surface area (TPSA) is 84.7 Å². The molecule has 6 nitrogen and oxygen atoms in total. The number of halogens is 1. The summed E-state index contributed by atoms with van der Waals surface area (Å²) in [6, 6.07) is 4.22. The van der Waals surface area contributed by atoms with Gasteiger partial charge in [-0.05, 0) is 18.2 Å². The molecule has 0 radical (unpaired) electrons. The third kappa shape index (κ3) is 3.12. The Morgan fingerprint density at radius 1 is 1.33 bits per heavy atom. The number of anilines is 1. The highest BCUT2D eigenvalue weighted by Crippen LogP contribution is 2.22. The summed E-state index contributed by atoms with van der Waals surface area (Å²) in [5, 5.41) is 1.82. The van der Waals surface area contributed by atoms with Gasteiger partial charge < -0.3 is 10.5 Å². The van der Waals surface area contributed by atoms with Gasteiger partial charge in [0, 0.05) is 13.1 Å². The minimum absolute atomic E-state index is 0.0909. The number of nitrogens with two attached hydrogens (primary N) is 1. The van der Waals surface area contributed by atoms with Gasteiger partial charge in [0.25, 0.3) is 10.0 Å². The van der Waals surface area contributed by atoms with Crippen LogP contribution in [0, 0.1) is 0 Å². The van der Waals surface area contributed by atoms with Gasteiger partial charge in [0.2, 0.25) is 0 Å². The van der Waals surface area contributed by atoms with Gasteiger partial charge in [-0.1, -0.05) is 11.6 Å². The van der Waals surface area contributed by atoms with Crippen LogP contribution in [0.1, 0.15) is 0 Å². The number of nitrogens with zero attached hydrogens (tertiary/aromatic N) is 1. The van der Waals surface area contributed by atoms with Crippen LogP contribution in [-0.2, 0) is 14.8 Å². The van der Waals surface area contributed by atoms with Crippen molar-refractivity contribution in [2.45, 2.75) is 4.90 Å². The predicted octanol–water partition coefficient (Wildman–Crippen LogP) is 0.448. The SMILES string of the molecule is Nc1ccc(S(=O)(=O)NN2CCOCC2)cc1Cl. The molecule has 0 aliphatic carbocycles. The second kappa shape index (κ2) is 5.41. The number of hydrogen-bond acceptors (Lipinski definition) is 5. The van der Waals surface area contributed by atoms with E-state index in [1.54, 1.807) is 5.01 Å². The van der Waals surface area contributed by atoms with Crippen LogP contribution in [0.5, 0.6) is 0 Å². The first-order valence-corrected chi connectivity index (χ1v) is 7.25. The molecule has 1 fully saturated rings. The molecule has 0 saturated carbocycles. The van der Waals surface area contributed by atoms with Gasteiger partial charge in [-0.3, -0.25) is 0 Å². The Hall–Kier alpha value is -0.860. The van der Waals surface area contributed by atoms with E-state index in [0.717, 1.165) is 0 Å². The summed E-state index contributed by atoms with van der Waals surface area (Å²) in [5.74, 6) is 0. The van der Waals surface area contributed by atoms with Crippen molar-refractivity contribution in [1.82, 2.24) is 9.84 Å². The number of hydrogen-bond donors (Lipinski definition) is 2. The third-order valence-electron chi connectivity index (χ3n) is 2.54. The second-order valence-corrected chi connectivity index (χ2v) is 5.95. The molecule has 0 atom stereocenters. The zero-order chi connectivity index (χ0) is 13.2. The third-order valence-corrected chi connectivity index (χ3v) is 4.24. The van der Waals surface area contributed by atoms with Gasteiger partial charge in [-0.25, -0.2) is 13.4 Å². The zero-order valence-electron chi connectivity index (χ0n) is 9.60. The Labute approximate surface area is 111 Å². The van der Waals surface area contributed by atoms with Gasteiger partial charge in [-0.15, -0.1) is 4.83 Å². The van der Waals surface area contributed by atoms with E-state index in [4.69, 9.17) is 22.1 Å². The molecule has 0 amide bonds. The maximum Gasteiger partial charge on any atom is 0.253 e. The fourth-order valence-corrected chi connectivity index (χ4v) is 2.95. The lowest BCUT2D eigenvalue weighted by molar-refractivity contribution is 0.0272. The molecule has 1 heterocycles. The first kappa shape index (κ1) is 13.6. The van der Waals surface area contributed by atoms with E-state index < -0.39 is 10.0 Å². The number of rotatable bonds is 3. The summed E-state index contributed by atoms with van der Waals surface area (Å²) in [4.78, 5) is 2.58. The van der Waals surface area contributed by atoms with Crippen molar-refractivity contribution in [3.05, 3.63) is 23.2 Å². The van der Waals surface area contributed by atoms with Crippen LogP contribution < -0.4 is 10.6 Å². The van der Waals surface area contributed by atoms with Crippen LogP contribution in [0.15, 0.2) is 23.1 Å². The van der Waals surface area contributed by atoms with Crippen molar-refractivity contribution in [2.24, 2.45) is 0 Å². The minimum Gasteiger partial charge on any atom is -0.398 e. The maximum absolute atomic E-state index is 12.1. The van der Waals surface area contributed by atoms with Crippen LogP contribution >= 0.6 is 11.6 Å². The van der Waals surface area contributed by atoms with Gasteiger partial charge in [-0.2, -0.15) is 0 Å². The Kier molecular flexibility index (Phi) is 4.08. The summed E-state index contributed by atoms with van der Waals surface area (Å²) in [7, 11) is -3.62. The normalized spacial score (nSPS) is 17.8.